The van der Waals surface area contributed by atoms with Crippen LogP contribution in [-0.2, 0) is 20.6 Å². The summed E-state index contributed by atoms with van der Waals surface area (Å²) < 4.78 is 11.7. The fourth-order valence-corrected chi connectivity index (χ4v) is 3.85. The highest BCUT2D eigenvalue weighted by Crippen LogP contribution is 2.36. The first-order chi connectivity index (χ1) is 13.5. The number of benzene rings is 1. The Balaban J connectivity index is 2.49. The summed E-state index contributed by atoms with van der Waals surface area (Å²) in [6, 6.07) is 9.79. The van der Waals surface area contributed by atoms with Crippen molar-refractivity contribution in [2.45, 2.75) is 85.0 Å². The highest BCUT2D eigenvalue weighted by molar-refractivity contribution is 6.74. The summed E-state index contributed by atoms with van der Waals surface area (Å²) in [4.78, 5) is 12.1. The van der Waals surface area contributed by atoms with Gasteiger partial charge in [-0.25, -0.2) is 4.79 Å². The second-order valence-electron chi connectivity index (χ2n) is 9.93. The van der Waals surface area contributed by atoms with Gasteiger partial charge in [-0.05, 0) is 54.8 Å². The van der Waals surface area contributed by atoms with Crippen LogP contribution in [-0.4, -0.2) is 20.9 Å². The maximum absolute atomic E-state index is 12.1. The molecule has 4 heteroatoms. The Hall–Kier alpha value is -1.39. The minimum atomic E-state index is -1.68. The largest absolute Gasteiger partial charge is 0.458 e. The molecule has 0 heterocycles. The van der Waals surface area contributed by atoms with E-state index < -0.39 is 8.32 Å². The smallest absolute Gasteiger partial charge is 0.330 e. The van der Waals surface area contributed by atoms with Crippen LogP contribution in [0.15, 0.2) is 42.5 Å². The lowest BCUT2D eigenvalue weighted by molar-refractivity contribution is -0.139. The van der Waals surface area contributed by atoms with E-state index in [1.165, 1.54) is 0 Å². The van der Waals surface area contributed by atoms with E-state index in [4.69, 9.17) is 9.16 Å². The molecule has 0 radical (unpaired) electrons. The molecule has 0 amide bonds. The first-order valence-electron chi connectivity index (χ1n) is 11.0. The predicted octanol–water partition coefficient (Wildman–Crippen LogP) is 7.14. The SMILES string of the molecule is CC(C)CC[C@H](/C=C/C(=O)OCc1ccccc1)CCCO[Si](C)(C)C(C)(C)C. The van der Waals surface area contributed by atoms with E-state index in [0.29, 0.717) is 18.4 Å². The van der Waals surface area contributed by atoms with Crippen molar-refractivity contribution >= 4 is 14.3 Å². The monoisotopic (exact) mass is 418 g/mol. The molecule has 0 aliphatic carbocycles. The van der Waals surface area contributed by atoms with Crippen molar-refractivity contribution in [2.24, 2.45) is 11.8 Å². The molecule has 1 aromatic rings. The summed E-state index contributed by atoms with van der Waals surface area (Å²) in [5.74, 6) is 0.796. The molecule has 1 aromatic carbocycles. The molecule has 0 aliphatic heterocycles. The zero-order valence-corrected chi connectivity index (χ0v) is 20.7. The van der Waals surface area contributed by atoms with Gasteiger partial charge in [-0.1, -0.05) is 77.4 Å². The standard InChI is InChI=1S/C25H42O3Si/c1-21(2)15-16-22(14-11-19-28-29(6,7)25(3,4)5)17-18-24(26)27-20-23-12-9-8-10-13-23/h8-10,12-13,17-18,21-22H,11,14-16,19-20H2,1-7H3/b18-17+/t22-/m1/s1. The molecular formula is C25H42O3Si. The fraction of sp³-hybridized carbons (Fsp3) is 0.640. The maximum Gasteiger partial charge on any atom is 0.330 e. The van der Waals surface area contributed by atoms with Gasteiger partial charge in [0.2, 0.25) is 0 Å². The fourth-order valence-electron chi connectivity index (χ4n) is 2.77. The molecule has 0 N–H and O–H groups in total. The number of carbonyl (C=O) groups is 1. The van der Waals surface area contributed by atoms with Crippen molar-refractivity contribution in [3.8, 4) is 0 Å². The summed E-state index contributed by atoms with van der Waals surface area (Å²) in [6.45, 7) is 17.0. The van der Waals surface area contributed by atoms with E-state index in [1.54, 1.807) is 6.08 Å². The van der Waals surface area contributed by atoms with Gasteiger partial charge < -0.3 is 9.16 Å². The lowest BCUT2D eigenvalue weighted by atomic mass is 9.93. The Kier molecular flexibility index (Phi) is 10.9. The second-order valence-corrected chi connectivity index (χ2v) is 14.7. The van der Waals surface area contributed by atoms with Gasteiger partial charge >= 0.3 is 5.97 Å². The average molecular weight is 419 g/mol. The van der Waals surface area contributed by atoms with Gasteiger partial charge in [0.05, 0.1) is 0 Å². The van der Waals surface area contributed by atoms with E-state index in [0.717, 1.165) is 37.9 Å². The minimum absolute atomic E-state index is 0.243. The first-order valence-corrected chi connectivity index (χ1v) is 13.9. The molecule has 3 nitrogen and oxygen atoms in total. The number of rotatable bonds is 12. The first kappa shape index (κ1) is 25.6. The van der Waals surface area contributed by atoms with Gasteiger partial charge in [-0.15, -0.1) is 0 Å². The summed E-state index contributed by atoms with van der Waals surface area (Å²) in [6.07, 6.45) is 7.99. The molecule has 0 fully saturated rings. The van der Waals surface area contributed by atoms with E-state index >= 15 is 0 Å². The molecule has 0 aromatic heterocycles. The van der Waals surface area contributed by atoms with Crippen molar-refractivity contribution in [1.29, 1.82) is 0 Å². The van der Waals surface area contributed by atoms with Crippen LogP contribution in [0.25, 0.3) is 0 Å². The van der Waals surface area contributed by atoms with Crippen molar-refractivity contribution in [1.82, 2.24) is 0 Å². The molecule has 0 saturated heterocycles. The van der Waals surface area contributed by atoms with Crippen LogP contribution in [0.4, 0.5) is 0 Å². The quantitative estimate of drug-likeness (QED) is 0.157. The normalized spacial score (nSPS) is 13.8. The number of hydrogen-bond donors (Lipinski definition) is 0. The Labute approximate surface area is 180 Å². The Morgan fingerprint density at radius 1 is 1.07 bits per heavy atom. The van der Waals surface area contributed by atoms with Gasteiger partial charge in [0.15, 0.2) is 8.32 Å². The van der Waals surface area contributed by atoms with Crippen LogP contribution >= 0.6 is 0 Å². The molecule has 0 spiro atoms. The Morgan fingerprint density at radius 3 is 2.31 bits per heavy atom. The molecule has 1 atom stereocenters. The third-order valence-corrected chi connectivity index (χ3v) is 10.4. The Morgan fingerprint density at radius 2 is 1.72 bits per heavy atom. The molecule has 164 valence electrons. The molecule has 0 unspecified atom stereocenters. The van der Waals surface area contributed by atoms with Crippen LogP contribution in [0.5, 0.6) is 0 Å². The lowest BCUT2D eigenvalue weighted by Gasteiger charge is -2.36. The minimum Gasteiger partial charge on any atom is -0.458 e. The number of hydrogen-bond acceptors (Lipinski definition) is 3. The van der Waals surface area contributed by atoms with Crippen molar-refractivity contribution in [2.75, 3.05) is 6.61 Å². The maximum atomic E-state index is 12.1. The number of ether oxygens (including phenoxy) is 1. The van der Waals surface area contributed by atoms with E-state index in [-0.39, 0.29) is 11.0 Å². The topological polar surface area (TPSA) is 35.5 Å². The van der Waals surface area contributed by atoms with E-state index in [1.807, 2.05) is 36.4 Å². The summed E-state index contributed by atoms with van der Waals surface area (Å²) in [5.41, 5.74) is 1.01. The van der Waals surface area contributed by atoms with Gasteiger partial charge in [0.1, 0.15) is 6.61 Å². The molecule has 0 saturated carbocycles. The molecule has 29 heavy (non-hydrogen) atoms. The van der Waals surface area contributed by atoms with E-state index in [9.17, 15) is 4.79 Å². The molecule has 0 aliphatic rings. The van der Waals surface area contributed by atoms with Crippen molar-refractivity contribution in [3.05, 3.63) is 48.0 Å². The zero-order valence-electron chi connectivity index (χ0n) is 19.7. The van der Waals surface area contributed by atoms with Gasteiger partial charge in [-0.2, -0.15) is 0 Å². The Bertz CT molecular complexity index is 615. The van der Waals surface area contributed by atoms with Crippen LogP contribution < -0.4 is 0 Å². The van der Waals surface area contributed by atoms with E-state index in [2.05, 4.69) is 47.7 Å². The average Bonchev–Trinajstić information content (AvgIpc) is 2.64. The number of esters is 1. The molecule has 1 rings (SSSR count). The van der Waals surface area contributed by atoms with Crippen molar-refractivity contribution in [3.63, 3.8) is 0 Å². The number of allylic oxidation sites excluding steroid dienone is 1. The van der Waals surface area contributed by atoms with Crippen LogP contribution in [0.1, 0.15) is 65.9 Å². The summed E-state index contributed by atoms with van der Waals surface area (Å²) in [7, 11) is -1.68. The molecular weight excluding hydrogens is 376 g/mol. The zero-order chi connectivity index (χ0) is 21.9. The highest BCUT2D eigenvalue weighted by atomic mass is 28.4. The second kappa shape index (κ2) is 12.3. The molecule has 0 bridgehead atoms. The summed E-state index contributed by atoms with van der Waals surface area (Å²) in [5, 5.41) is 0.243. The van der Waals surface area contributed by atoms with Crippen LogP contribution in [0.3, 0.4) is 0 Å². The third kappa shape index (κ3) is 10.8. The third-order valence-electron chi connectivity index (χ3n) is 5.83. The number of carbonyl (C=O) groups excluding carboxylic acids is 1. The van der Waals surface area contributed by atoms with Crippen molar-refractivity contribution < 1.29 is 14.0 Å². The highest BCUT2D eigenvalue weighted by Gasteiger charge is 2.36. The van der Waals surface area contributed by atoms with Crippen LogP contribution in [0, 0.1) is 11.8 Å². The summed E-state index contributed by atoms with van der Waals surface area (Å²) >= 11 is 0. The van der Waals surface area contributed by atoms with Crippen LogP contribution in [0.2, 0.25) is 18.1 Å². The van der Waals surface area contributed by atoms with Gasteiger partial charge in [0, 0.05) is 12.7 Å². The lowest BCUT2D eigenvalue weighted by Crippen LogP contribution is -2.41. The van der Waals surface area contributed by atoms with Gasteiger partial charge in [0.25, 0.3) is 0 Å². The predicted molar refractivity (Wildman–Crippen MR) is 125 cm³/mol. The van der Waals surface area contributed by atoms with Gasteiger partial charge in [-0.3, -0.25) is 0 Å².